The van der Waals surface area contributed by atoms with E-state index in [2.05, 4.69) is 33.3 Å². The maximum atomic E-state index is 6.31. The summed E-state index contributed by atoms with van der Waals surface area (Å²) in [5, 5.41) is 9.72. The van der Waals surface area contributed by atoms with Gasteiger partial charge in [0.2, 0.25) is 0 Å². The molecule has 1 fully saturated rings. The van der Waals surface area contributed by atoms with E-state index in [-0.39, 0.29) is 0 Å². The Kier molecular flexibility index (Phi) is 5.74. The largest absolute Gasteiger partial charge is 0.299 e. The van der Waals surface area contributed by atoms with Crippen LogP contribution >= 0.6 is 34.8 Å². The van der Waals surface area contributed by atoms with Gasteiger partial charge in [0, 0.05) is 33.8 Å². The molecule has 1 aromatic heterocycles. The van der Waals surface area contributed by atoms with Crippen LogP contribution in [-0.4, -0.2) is 28.2 Å². The summed E-state index contributed by atoms with van der Waals surface area (Å²) >= 11 is 18.3. The smallest absolute Gasteiger partial charge is 0.0938 e. The van der Waals surface area contributed by atoms with Gasteiger partial charge in [0.1, 0.15) is 0 Å². The lowest BCUT2D eigenvalue weighted by molar-refractivity contribution is 0.203. The number of aromatic nitrogens is 2. The van der Waals surface area contributed by atoms with E-state index in [4.69, 9.17) is 34.8 Å². The van der Waals surface area contributed by atoms with Crippen molar-refractivity contribution >= 4 is 34.8 Å². The minimum atomic E-state index is 0.499. The average Bonchev–Trinajstić information content (AvgIpc) is 3.14. The summed E-state index contributed by atoms with van der Waals surface area (Å²) < 4.78 is 0. The first kappa shape index (κ1) is 18.8. The topological polar surface area (TPSA) is 31.9 Å². The molecule has 1 aliphatic heterocycles. The highest BCUT2D eigenvalue weighted by molar-refractivity contribution is 6.36. The fourth-order valence-corrected chi connectivity index (χ4v) is 4.26. The average molecular weight is 421 g/mol. The van der Waals surface area contributed by atoms with E-state index in [0.717, 1.165) is 48.8 Å². The van der Waals surface area contributed by atoms with Crippen molar-refractivity contribution in [1.29, 1.82) is 0 Å². The molecule has 1 saturated heterocycles. The summed E-state index contributed by atoms with van der Waals surface area (Å²) in [7, 11) is 0. The third-order valence-corrected chi connectivity index (χ3v) is 5.95. The highest BCUT2D eigenvalue weighted by atomic mass is 35.5. The Hall–Kier alpha value is -1.52. The summed E-state index contributed by atoms with van der Waals surface area (Å²) in [6, 6.07) is 15.7. The number of halogens is 3. The first-order valence-corrected chi connectivity index (χ1v) is 10.2. The lowest BCUT2D eigenvalue weighted by Gasteiger charge is -2.31. The van der Waals surface area contributed by atoms with Gasteiger partial charge in [-0.15, -0.1) is 0 Å². The molecule has 3 nitrogen and oxygen atoms in total. The van der Waals surface area contributed by atoms with Crippen molar-refractivity contribution in [3.05, 3.63) is 74.9 Å². The molecule has 2 aromatic carbocycles. The third-order valence-electron chi connectivity index (χ3n) is 5.15. The maximum absolute atomic E-state index is 6.31. The highest BCUT2D eigenvalue weighted by Gasteiger charge is 2.22. The van der Waals surface area contributed by atoms with Crippen LogP contribution in [0.2, 0.25) is 15.1 Å². The van der Waals surface area contributed by atoms with Crippen molar-refractivity contribution in [3.63, 3.8) is 0 Å². The number of H-pyrrole nitrogens is 1. The molecule has 1 N–H and O–H groups in total. The van der Waals surface area contributed by atoms with Gasteiger partial charge >= 0.3 is 0 Å². The Balaban J connectivity index is 1.38. The van der Waals surface area contributed by atoms with Gasteiger partial charge in [-0.1, -0.05) is 46.9 Å². The second-order valence-electron chi connectivity index (χ2n) is 7.01. The van der Waals surface area contributed by atoms with Crippen LogP contribution in [0.15, 0.2) is 48.5 Å². The molecule has 6 heteroatoms. The van der Waals surface area contributed by atoms with Crippen LogP contribution in [0.1, 0.15) is 30.0 Å². The molecule has 0 bridgehead atoms. The first-order chi connectivity index (χ1) is 13.1. The van der Waals surface area contributed by atoms with Crippen LogP contribution in [0.5, 0.6) is 0 Å². The standard InChI is InChI=1S/C21H20Cl3N3/c22-16-3-1-14(2-4-16)13-27-9-7-15(8-10-27)20-12-21(26-25-20)18-6-5-17(23)11-19(18)24/h1-6,11-12,15H,7-10,13H2,(H,25,26). The second kappa shape index (κ2) is 8.24. The van der Waals surface area contributed by atoms with E-state index >= 15 is 0 Å². The number of aromatic amines is 1. The molecule has 140 valence electrons. The van der Waals surface area contributed by atoms with Crippen molar-refractivity contribution < 1.29 is 0 Å². The Labute approximate surface area is 174 Å². The van der Waals surface area contributed by atoms with Crippen LogP contribution in [0, 0.1) is 0 Å². The Morgan fingerprint density at radius 1 is 0.926 bits per heavy atom. The van der Waals surface area contributed by atoms with Crippen LogP contribution in [-0.2, 0) is 6.54 Å². The summed E-state index contributed by atoms with van der Waals surface area (Å²) in [6.45, 7) is 3.12. The van der Waals surface area contributed by atoms with Crippen molar-refractivity contribution in [2.45, 2.75) is 25.3 Å². The lowest BCUT2D eigenvalue weighted by Crippen LogP contribution is -2.32. The van der Waals surface area contributed by atoms with Crippen LogP contribution in [0.25, 0.3) is 11.3 Å². The van der Waals surface area contributed by atoms with Gasteiger partial charge in [-0.3, -0.25) is 10.00 Å². The molecule has 0 aliphatic carbocycles. The highest BCUT2D eigenvalue weighted by Crippen LogP contribution is 2.33. The molecule has 0 radical (unpaired) electrons. The van der Waals surface area contributed by atoms with Gasteiger partial charge < -0.3 is 0 Å². The Bertz CT molecular complexity index is 913. The monoisotopic (exact) mass is 419 g/mol. The molecule has 2 heterocycles. The molecule has 0 amide bonds. The maximum Gasteiger partial charge on any atom is 0.0938 e. The van der Waals surface area contributed by atoms with Gasteiger partial charge in [-0.25, -0.2) is 0 Å². The molecule has 3 aromatic rings. The molecule has 0 unspecified atom stereocenters. The quantitative estimate of drug-likeness (QED) is 0.528. The predicted molar refractivity (Wildman–Crippen MR) is 113 cm³/mol. The molecular formula is C21H20Cl3N3. The lowest BCUT2D eigenvalue weighted by atomic mass is 9.93. The fraction of sp³-hybridized carbons (Fsp3) is 0.286. The van der Waals surface area contributed by atoms with Gasteiger partial charge in [0.25, 0.3) is 0 Å². The number of likely N-dealkylation sites (tertiary alicyclic amines) is 1. The SMILES string of the molecule is Clc1ccc(CN2CCC(c3cc(-c4ccc(Cl)cc4Cl)n[nH]3)CC2)cc1. The molecule has 0 spiro atoms. The van der Waals surface area contributed by atoms with E-state index in [1.54, 1.807) is 6.07 Å². The first-order valence-electron chi connectivity index (χ1n) is 9.06. The summed E-state index contributed by atoms with van der Waals surface area (Å²) in [5.41, 5.74) is 4.26. The number of hydrogen-bond acceptors (Lipinski definition) is 2. The number of nitrogens with zero attached hydrogens (tertiary/aromatic N) is 2. The zero-order valence-electron chi connectivity index (χ0n) is 14.8. The van der Waals surface area contributed by atoms with E-state index in [9.17, 15) is 0 Å². The van der Waals surface area contributed by atoms with E-state index in [1.807, 2.05) is 24.3 Å². The summed E-state index contributed by atoms with van der Waals surface area (Å²) in [4.78, 5) is 2.49. The zero-order chi connectivity index (χ0) is 18.8. The molecule has 1 aliphatic rings. The number of piperidine rings is 1. The number of rotatable bonds is 4. The minimum absolute atomic E-state index is 0.499. The molecule has 27 heavy (non-hydrogen) atoms. The van der Waals surface area contributed by atoms with Gasteiger partial charge in [0.05, 0.1) is 10.7 Å². The van der Waals surface area contributed by atoms with Crippen LogP contribution in [0.4, 0.5) is 0 Å². The van der Waals surface area contributed by atoms with Gasteiger partial charge in [-0.05, 0) is 67.9 Å². The van der Waals surface area contributed by atoms with E-state index in [0.29, 0.717) is 16.0 Å². The zero-order valence-corrected chi connectivity index (χ0v) is 17.0. The summed E-state index contributed by atoms with van der Waals surface area (Å²) in [5.74, 6) is 0.499. The Morgan fingerprint density at radius 2 is 1.63 bits per heavy atom. The third kappa shape index (κ3) is 4.49. The molecule has 4 rings (SSSR count). The fourth-order valence-electron chi connectivity index (χ4n) is 3.63. The van der Waals surface area contributed by atoms with Crippen molar-refractivity contribution in [2.75, 3.05) is 13.1 Å². The number of nitrogens with one attached hydrogen (secondary N) is 1. The number of benzene rings is 2. The van der Waals surface area contributed by atoms with E-state index < -0.39 is 0 Å². The van der Waals surface area contributed by atoms with E-state index in [1.165, 1.54) is 11.3 Å². The van der Waals surface area contributed by atoms with Crippen molar-refractivity contribution in [3.8, 4) is 11.3 Å². The van der Waals surface area contributed by atoms with Crippen LogP contribution in [0.3, 0.4) is 0 Å². The minimum Gasteiger partial charge on any atom is -0.299 e. The predicted octanol–water partition coefficient (Wildman–Crippen LogP) is 6.42. The number of hydrogen-bond donors (Lipinski definition) is 1. The van der Waals surface area contributed by atoms with Gasteiger partial charge in [-0.2, -0.15) is 5.10 Å². The molecule has 0 saturated carbocycles. The molecule has 0 atom stereocenters. The molecular weight excluding hydrogens is 401 g/mol. The van der Waals surface area contributed by atoms with Gasteiger partial charge in [0.15, 0.2) is 0 Å². The van der Waals surface area contributed by atoms with Crippen molar-refractivity contribution in [2.24, 2.45) is 0 Å². The summed E-state index contributed by atoms with van der Waals surface area (Å²) in [6.07, 6.45) is 2.23. The van der Waals surface area contributed by atoms with Crippen LogP contribution < -0.4 is 0 Å². The second-order valence-corrected chi connectivity index (χ2v) is 8.29. The van der Waals surface area contributed by atoms with Crippen molar-refractivity contribution in [1.82, 2.24) is 15.1 Å². The Morgan fingerprint density at radius 3 is 2.33 bits per heavy atom. The normalized spacial score (nSPS) is 16.0.